The van der Waals surface area contributed by atoms with E-state index in [1.54, 1.807) is 0 Å². The van der Waals surface area contributed by atoms with Crippen molar-refractivity contribution < 1.29 is 8.95 Å². The van der Waals surface area contributed by atoms with Gasteiger partial charge < -0.3 is 10.1 Å². The first-order valence-corrected chi connectivity index (χ1v) is 12.5. The Hall–Kier alpha value is 0.0300. The molecule has 1 saturated heterocycles. The SMILES string of the molecule is CC(C)C1CCC(OC[C@@H]2NCCC[C@@H]2NS(C)(C)(C)=O)CC1. The van der Waals surface area contributed by atoms with Gasteiger partial charge in [0.05, 0.1) is 12.7 Å². The van der Waals surface area contributed by atoms with E-state index in [2.05, 4.69) is 23.9 Å². The zero-order valence-electron chi connectivity index (χ0n) is 15.8. The highest BCUT2D eigenvalue weighted by Crippen LogP contribution is 2.31. The molecule has 0 spiro atoms. The van der Waals surface area contributed by atoms with E-state index in [4.69, 9.17) is 4.74 Å². The highest BCUT2D eigenvalue weighted by molar-refractivity contribution is 8.16. The first-order valence-electron chi connectivity index (χ1n) is 9.32. The van der Waals surface area contributed by atoms with Gasteiger partial charge in [-0.1, -0.05) is 23.1 Å². The molecule has 2 fully saturated rings. The predicted octanol–water partition coefficient (Wildman–Crippen LogP) is 2.55. The Labute approximate surface area is 143 Å². The van der Waals surface area contributed by atoms with E-state index in [1.165, 1.54) is 25.7 Å². The number of nitrogens with one attached hydrogen (secondary N) is 2. The van der Waals surface area contributed by atoms with Crippen molar-refractivity contribution in [3.05, 3.63) is 0 Å². The van der Waals surface area contributed by atoms with E-state index >= 15 is 0 Å². The smallest absolute Gasteiger partial charge is 0.0638 e. The van der Waals surface area contributed by atoms with Crippen LogP contribution in [0.3, 0.4) is 0 Å². The normalized spacial score (nSPS) is 35.0. The fraction of sp³-hybridized carbons (Fsp3) is 1.00. The molecule has 5 heteroatoms. The van der Waals surface area contributed by atoms with Crippen molar-refractivity contribution in [3.63, 3.8) is 0 Å². The van der Waals surface area contributed by atoms with Crippen molar-refractivity contribution in [2.24, 2.45) is 11.8 Å². The zero-order chi connectivity index (χ0) is 17.1. The maximum absolute atomic E-state index is 12.6. The number of ether oxygens (including phenoxy) is 1. The van der Waals surface area contributed by atoms with E-state index in [0.717, 1.165) is 37.8 Å². The minimum atomic E-state index is -2.69. The van der Waals surface area contributed by atoms with Gasteiger partial charge in [-0.2, -0.15) is 0 Å². The molecule has 0 aromatic rings. The van der Waals surface area contributed by atoms with Crippen LogP contribution in [0.1, 0.15) is 52.4 Å². The average molecular weight is 347 g/mol. The van der Waals surface area contributed by atoms with E-state index in [-0.39, 0.29) is 12.1 Å². The molecule has 2 N–H and O–H groups in total. The fourth-order valence-electron chi connectivity index (χ4n) is 3.95. The first kappa shape index (κ1) is 19.4. The molecule has 0 radical (unpaired) electrons. The molecule has 138 valence electrons. The minimum absolute atomic E-state index is 0.246. The molecule has 1 aliphatic heterocycles. The topological polar surface area (TPSA) is 50.4 Å². The van der Waals surface area contributed by atoms with Crippen LogP contribution in [0.25, 0.3) is 0 Å². The van der Waals surface area contributed by atoms with Crippen molar-refractivity contribution in [1.29, 1.82) is 0 Å². The van der Waals surface area contributed by atoms with Crippen LogP contribution < -0.4 is 10.0 Å². The van der Waals surface area contributed by atoms with Crippen LogP contribution in [0.5, 0.6) is 0 Å². The number of rotatable bonds is 6. The van der Waals surface area contributed by atoms with Crippen molar-refractivity contribution in [2.45, 2.75) is 70.6 Å². The maximum atomic E-state index is 12.6. The number of hydrogen-bond acceptors (Lipinski definition) is 3. The lowest BCUT2D eigenvalue weighted by Crippen LogP contribution is -2.60. The standard InChI is InChI=1S/C18H38N2O2S/c1-14(2)15-8-10-16(11-9-15)22-13-18-17(7-6-12-19-18)20-23(3,4,5)21/h14-19H,6-13H2,1-5H3,(H,20,21)/t15?,16?,17-,18-/m0/s1. The zero-order valence-corrected chi connectivity index (χ0v) is 16.6. The average Bonchev–Trinajstić information content (AvgIpc) is 2.44. The van der Waals surface area contributed by atoms with Gasteiger partial charge in [-0.3, -0.25) is 8.93 Å². The molecule has 2 atom stereocenters. The lowest BCUT2D eigenvalue weighted by molar-refractivity contribution is -0.00405. The summed E-state index contributed by atoms with van der Waals surface area (Å²) >= 11 is 0. The molecule has 23 heavy (non-hydrogen) atoms. The van der Waals surface area contributed by atoms with Crippen molar-refractivity contribution >= 4 is 9.25 Å². The Morgan fingerprint density at radius 2 is 1.78 bits per heavy atom. The monoisotopic (exact) mass is 346 g/mol. The van der Waals surface area contributed by atoms with Gasteiger partial charge in [-0.25, -0.2) is 0 Å². The minimum Gasteiger partial charge on any atom is -0.377 e. The van der Waals surface area contributed by atoms with E-state index < -0.39 is 9.25 Å². The van der Waals surface area contributed by atoms with Crippen LogP contribution in [-0.2, 0) is 14.0 Å². The lowest BCUT2D eigenvalue weighted by Gasteiger charge is -2.41. The third kappa shape index (κ3) is 6.81. The summed E-state index contributed by atoms with van der Waals surface area (Å²) in [6, 6.07) is 0.520. The molecule has 0 amide bonds. The molecule has 2 aliphatic rings. The van der Waals surface area contributed by atoms with Gasteiger partial charge in [0, 0.05) is 30.9 Å². The quantitative estimate of drug-likeness (QED) is 0.777. The second-order valence-electron chi connectivity index (χ2n) is 8.96. The molecule has 0 unspecified atom stereocenters. The summed E-state index contributed by atoms with van der Waals surface area (Å²) in [6.45, 7) is 6.44. The Morgan fingerprint density at radius 1 is 1.13 bits per heavy atom. The Kier molecular flexibility index (Phi) is 6.32. The predicted molar refractivity (Wildman–Crippen MR) is 100 cm³/mol. The van der Waals surface area contributed by atoms with Crippen LogP contribution in [0.4, 0.5) is 0 Å². The highest BCUT2D eigenvalue weighted by atomic mass is 32.3. The van der Waals surface area contributed by atoms with Gasteiger partial charge >= 0.3 is 0 Å². The summed E-state index contributed by atoms with van der Waals surface area (Å²) in [5, 5.41) is 3.57. The van der Waals surface area contributed by atoms with Crippen molar-refractivity contribution in [3.8, 4) is 0 Å². The van der Waals surface area contributed by atoms with Crippen molar-refractivity contribution in [2.75, 3.05) is 31.9 Å². The summed E-state index contributed by atoms with van der Waals surface area (Å²) in [4.78, 5) is 0. The Morgan fingerprint density at radius 3 is 2.35 bits per heavy atom. The van der Waals surface area contributed by atoms with Gasteiger partial charge in [-0.05, 0) is 56.9 Å². The van der Waals surface area contributed by atoms with Crippen LogP contribution in [0, 0.1) is 11.8 Å². The van der Waals surface area contributed by atoms with Gasteiger partial charge in [0.2, 0.25) is 0 Å². The molecular weight excluding hydrogens is 308 g/mol. The van der Waals surface area contributed by atoms with Crippen LogP contribution in [-0.4, -0.2) is 54.3 Å². The largest absolute Gasteiger partial charge is 0.377 e. The second-order valence-corrected chi connectivity index (χ2v) is 14.0. The Bertz CT molecular complexity index is 427. The molecule has 1 saturated carbocycles. The molecular formula is C18H38N2O2S. The molecule has 1 aliphatic carbocycles. The van der Waals surface area contributed by atoms with Crippen LogP contribution in [0.15, 0.2) is 0 Å². The number of hydrogen-bond donors (Lipinski definition) is 2. The summed E-state index contributed by atoms with van der Waals surface area (Å²) < 4.78 is 22.3. The lowest BCUT2D eigenvalue weighted by atomic mass is 9.80. The van der Waals surface area contributed by atoms with Gasteiger partial charge in [0.1, 0.15) is 0 Å². The van der Waals surface area contributed by atoms with Gasteiger partial charge in [0.15, 0.2) is 0 Å². The highest BCUT2D eigenvalue weighted by Gasteiger charge is 2.32. The molecule has 4 nitrogen and oxygen atoms in total. The number of piperidine rings is 1. The van der Waals surface area contributed by atoms with Crippen molar-refractivity contribution in [1.82, 2.24) is 10.0 Å². The third-order valence-corrected chi connectivity index (χ3v) is 6.42. The Balaban J connectivity index is 1.80. The van der Waals surface area contributed by atoms with E-state index in [9.17, 15) is 4.21 Å². The fourth-order valence-corrected chi connectivity index (χ4v) is 5.26. The second kappa shape index (κ2) is 7.51. The molecule has 2 rings (SSSR count). The van der Waals surface area contributed by atoms with Crippen LogP contribution >= 0.6 is 0 Å². The molecule has 1 heterocycles. The molecule has 0 aromatic heterocycles. The van der Waals surface area contributed by atoms with Gasteiger partial charge in [0.25, 0.3) is 0 Å². The van der Waals surface area contributed by atoms with E-state index in [0.29, 0.717) is 6.10 Å². The summed E-state index contributed by atoms with van der Waals surface area (Å²) in [5.74, 6) is 1.68. The third-order valence-electron chi connectivity index (χ3n) is 5.31. The summed E-state index contributed by atoms with van der Waals surface area (Å²) in [5.41, 5.74) is 0. The van der Waals surface area contributed by atoms with Crippen LogP contribution in [0.2, 0.25) is 0 Å². The van der Waals surface area contributed by atoms with E-state index in [1.807, 2.05) is 18.8 Å². The molecule has 0 aromatic carbocycles. The maximum Gasteiger partial charge on any atom is 0.0638 e. The summed E-state index contributed by atoms with van der Waals surface area (Å²) in [6.07, 6.45) is 13.1. The first-order chi connectivity index (χ1) is 10.6. The summed E-state index contributed by atoms with van der Waals surface area (Å²) in [7, 11) is -2.69. The molecule has 0 bridgehead atoms. The van der Waals surface area contributed by atoms with Gasteiger partial charge in [-0.15, -0.1) is 0 Å².